The van der Waals surface area contributed by atoms with E-state index in [0.29, 0.717) is 30.9 Å². The van der Waals surface area contributed by atoms with Gasteiger partial charge in [0, 0.05) is 44.7 Å². The summed E-state index contributed by atoms with van der Waals surface area (Å²) in [5.41, 5.74) is 2.97. The summed E-state index contributed by atoms with van der Waals surface area (Å²) in [4.78, 5) is 19.4. The Morgan fingerprint density at radius 2 is 1.97 bits per heavy atom. The molecule has 2 N–H and O–H groups in total. The second kappa shape index (κ2) is 11.8. The van der Waals surface area contributed by atoms with Crippen LogP contribution < -0.4 is 10.0 Å². The maximum Gasteiger partial charge on any atom is 0.263 e. The summed E-state index contributed by atoms with van der Waals surface area (Å²) in [5.74, 6) is 0.449. The molecule has 9 heteroatoms. The van der Waals surface area contributed by atoms with Crippen LogP contribution in [0, 0.1) is 0 Å². The maximum absolute atomic E-state index is 12.3. The molecule has 2 aromatic rings. The number of nitrogens with zero attached hydrogens (tertiary/aromatic N) is 2. The Morgan fingerprint density at radius 1 is 1.14 bits per heavy atom. The number of ether oxygens (including phenoxy) is 1. The van der Waals surface area contributed by atoms with Crippen molar-refractivity contribution in [3.05, 3.63) is 65.2 Å². The first-order valence-electron chi connectivity index (χ1n) is 12.3. The number of carbonyl (C=O) groups excluding carboxylic acids is 1. The smallest absolute Gasteiger partial charge is 0.263 e. The fourth-order valence-corrected chi connectivity index (χ4v) is 5.69. The third-order valence-corrected chi connectivity index (χ3v) is 7.60. The number of sulfonamides is 1. The summed E-state index contributed by atoms with van der Waals surface area (Å²) in [5, 5.41) is 3.02. The van der Waals surface area contributed by atoms with Gasteiger partial charge < -0.3 is 10.1 Å². The fourth-order valence-electron chi connectivity index (χ4n) is 4.44. The average molecular weight is 499 g/mol. The number of morpholine rings is 1. The van der Waals surface area contributed by atoms with Gasteiger partial charge in [-0.1, -0.05) is 42.8 Å². The van der Waals surface area contributed by atoms with Crippen LogP contribution in [0.5, 0.6) is 0 Å². The number of hydrogen-bond acceptors (Lipinski definition) is 6. The lowest BCUT2D eigenvalue weighted by Crippen LogP contribution is -2.40. The van der Waals surface area contributed by atoms with Crippen molar-refractivity contribution in [2.45, 2.75) is 56.7 Å². The minimum Gasteiger partial charge on any atom is -0.376 e. The van der Waals surface area contributed by atoms with Crippen molar-refractivity contribution >= 4 is 21.8 Å². The third-order valence-electron chi connectivity index (χ3n) is 6.21. The molecule has 188 valence electrons. The first-order chi connectivity index (χ1) is 16.9. The predicted octanol–water partition coefficient (Wildman–Crippen LogP) is 2.82. The molecular formula is C26H34N4O4S. The Balaban J connectivity index is 1.14. The molecule has 1 amide bonds. The Labute approximate surface area is 207 Å². The number of benzene rings is 2. The van der Waals surface area contributed by atoms with Gasteiger partial charge in [0.2, 0.25) is 5.91 Å². The van der Waals surface area contributed by atoms with Gasteiger partial charge in [-0.15, -0.1) is 0 Å². The van der Waals surface area contributed by atoms with Crippen molar-refractivity contribution in [1.82, 2.24) is 14.9 Å². The highest BCUT2D eigenvalue weighted by atomic mass is 32.2. The molecule has 0 radical (unpaired) electrons. The van der Waals surface area contributed by atoms with E-state index in [2.05, 4.69) is 39.0 Å². The van der Waals surface area contributed by atoms with Crippen LogP contribution in [0.4, 0.5) is 0 Å². The van der Waals surface area contributed by atoms with Crippen molar-refractivity contribution in [1.29, 1.82) is 0 Å². The van der Waals surface area contributed by atoms with Gasteiger partial charge in [0.05, 0.1) is 17.6 Å². The van der Waals surface area contributed by atoms with Crippen LogP contribution in [-0.2, 0) is 32.6 Å². The largest absolute Gasteiger partial charge is 0.376 e. The molecule has 1 fully saturated rings. The number of amides is 1. The van der Waals surface area contributed by atoms with E-state index >= 15 is 0 Å². The van der Waals surface area contributed by atoms with Gasteiger partial charge in [-0.05, 0) is 43.0 Å². The van der Waals surface area contributed by atoms with Gasteiger partial charge in [0.15, 0.2) is 0 Å². The zero-order chi connectivity index (χ0) is 24.7. The Bertz CT molecular complexity index is 1170. The van der Waals surface area contributed by atoms with E-state index in [1.165, 1.54) is 5.56 Å². The first-order valence-corrected chi connectivity index (χ1v) is 13.7. The highest BCUT2D eigenvalue weighted by molar-refractivity contribution is 7.90. The van der Waals surface area contributed by atoms with Crippen molar-refractivity contribution in [2.75, 3.05) is 26.2 Å². The number of fused-ring (bicyclic) bond motifs is 1. The van der Waals surface area contributed by atoms with Crippen molar-refractivity contribution < 1.29 is 17.9 Å². The molecule has 1 unspecified atom stereocenters. The Kier molecular flexibility index (Phi) is 8.54. The summed E-state index contributed by atoms with van der Waals surface area (Å²) >= 11 is 0. The normalized spacial score (nSPS) is 20.4. The zero-order valence-electron chi connectivity index (χ0n) is 20.2. The summed E-state index contributed by atoms with van der Waals surface area (Å²) in [6, 6.07) is 15.2. The zero-order valence-corrected chi connectivity index (χ0v) is 21.0. The van der Waals surface area contributed by atoms with Crippen LogP contribution in [0.1, 0.15) is 49.3 Å². The van der Waals surface area contributed by atoms with Crippen molar-refractivity contribution in [2.24, 2.45) is 4.99 Å². The third kappa shape index (κ3) is 7.13. The van der Waals surface area contributed by atoms with E-state index in [0.717, 1.165) is 51.1 Å². The topological polar surface area (TPSA) is 100 Å². The van der Waals surface area contributed by atoms with Crippen LogP contribution in [-0.4, -0.2) is 57.4 Å². The number of aliphatic imine (C=N–C) groups is 1. The summed E-state index contributed by atoms with van der Waals surface area (Å²) < 4.78 is 32.4. The lowest BCUT2D eigenvalue weighted by Gasteiger charge is -2.31. The molecule has 0 aromatic heterocycles. The second-order valence-corrected chi connectivity index (χ2v) is 10.8. The quantitative estimate of drug-likeness (QED) is 0.491. The number of amidine groups is 1. The summed E-state index contributed by atoms with van der Waals surface area (Å²) in [6.45, 7) is 6.70. The monoisotopic (exact) mass is 498 g/mol. The molecule has 35 heavy (non-hydrogen) atoms. The van der Waals surface area contributed by atoms with Crippen molar-refractivity contribution in [3.63, 3.8) is 0 Å². The van der Waals surface area contributed by atoms with Crippen LogP contribution in [0.15, 0.2) is 58.4 Å². The van der Waals surface area contributed by atoms with E-state index < -0.39 is 10.0 Å². The van der Waals surface area contributed by atoms with Crippen LogP contribution in [0.3, 0.4) is 0 Å². The summed E-state index contributed by atoms with van der Waals surface area (Å²) in [7, 11) is -3.50. The summed E-state index contributed by atoms with van der Waals surface area (Å²) in [6.07, 6.45) is 3.16. The average Bonchev–Trinajstić information content (AvgIpc) is 3.10. The van der Waals surface area contributed by atoms with Crippen molar-refractivity contribution in [3.8, 4) is 0 Å². The predicted molar refractivity (Wildman–Crippen MR) is 136 cm³/mol. The van der Waals surface area contributed by atoms with Crippen LogP contribution in [0.25, 0.3) is 0 Å². The van der Waals surface area contributed by atoms with Gasteiger partial charge in [-0.2, -0.15) is 0 Å². The van der Waals surface area contributed by atoms with Gasteiger partial charge >= 0.3 is 0 Å². The Hall–Kier alpha value is -2.75. The number of unbranched alkanes of at least 4 members (excludes halogenated alkanes) is 2. The fraction of sp³-hybridized carbons (Fsp3) is 0.462. The molecular weight excluding hydrogens is 464 g/mol. The highest BCUT2D eigenvalue weighted by Gasteiger charge is 2.29. The standard InChI is InChI=1S/C26H34N4O4S/c1-20-18-30(14-15-34-20)19-22-9-7-8-21(16-22)17-28-25(31)12-3-2-6-13-27-26-23-10-4-5-11-24(23)35(32,33)29-26/h4-5,7-11,16,20H,2-3,6,12-15,17-19H2,1H3,(H,27,29)(H,28,31). The number of carbonyl (C=O) groups is 1. The van der Waals surface area contributed by atoms with Gasteiger partial charge in [0.1, 0.15) is 5.84 Å². The lowest BCUT2D eigenvalue weighted by atomic mass is 10.1. The second-order valence-electron chi connectivity index (χ2n) is 9.16. The van der Waals surface area contributed by atoms with E-state index in [1.54, 1.807) is 24.3 Å². The molecule has 0 spiro atoms. The molecule has 2 aliphatic heterocycles. The number of rotatable bonds is 10. The number of hydrogen-bond donors (Lipinski definition) is 2. The minimum atomic E-state index is -3.50. The van der Waals surface area contributed by atoms with Gasteiger partial charge in [0.25, 0.3) is 10.0 Å². The molecule has 0 saturated carbocycles. The van der Waals surface area contributed by atoms with Crippen LogP contribution >= 0.6 is 0 Å². The highest BCUT2D eigenvalue weighted by Crippen LogP contribution is 2.22. The van der Waals surface area contributed by atoms with Crippen LogP contribution in [0.2, 0.25) is 0 Å². The van der Waals surface area contributed by atoms with E-state index in [4.69, 9.17) is 4.74 Å². The minimum absolute atomic E-state index is 0.0428. The first kappa shape index (κ1) is 25.3. The molecule has 1 atom stereocenters. The van der Waals surface area contributed by atoms with E-state index in [-0.39, 0.29) is 16.9 Å². The molecule has 1 saturated heterocycles. The van der Waals surface area contributed by atoms with E-state index in [9.17, 15) is 13.2 Å². The molecule has 8 nitrogen and oxygen atoms in total. The molecule has 2 aliphatic rings. The van der Waals surface area contributed by atoms with E-state index in [1.807, 2.05) is 12.1 Å². The number of nitrogens with one attached hydrogen (secondary N) is 2. The maximum atomic E-state index is 12.3. The molecule has 0 bridgehead atoms. The molecule has 0 aliphatic carbocycles. The molecule has 2 heterocycles. The lowest BCUT2D eigenvalue weighted by molar-refractivity contribution is -0.121. The van der Waals surface area contributed by atoms with Gasteiger partial charge in [-0.25, -0.2) is 8.42 Å². The Morgan fingerprint density at radius 3 is 2.83 bits per heavy atom. The van der Waals surface area contributed by atoms with Gasteiger partial charge in [-0.3, -0.25) is 19.4 Å². The SMILES string of the molecule is CC1CN(Cc2cccc(CNC(=O)CCCCCN=C3NS(=O)(=O)c4ccccc43)c2)CCO1. The molecule has 2 aromatic carbocycles. The molecule has 4 rings (SSSR count).